The van der Waals surface area contributed by atoms with E-state index in [0.717, 1.165) is 22.0 Å². The van der Waals surface area contributed by atoms with E-state index in [2.05, 4.69) is 10.3 Å². The molecule has 2 aromatic rings. The van der Waals surface area contributed by atoms with Gasteiger partial charge in [0, 0.05) is 5.56 Å². The fourth-order valence-corrected chi connectivity index (χ4v) is 3.08. The Morgan fingerprint density at radius 2 is 2.00 bits per heavy atom. The Morgan fingerprint density at radius 1 is 1.27 bits per heavy atom. The van der Waals surface area contributed by atoms with Gasteiger partial charge in [0.2, 0.25) is 0 Å². The molecule has 1 N–H and O–H groups in total. The lowest BCUT2D eigenvalue weighted by molar-refractivity contribution is 0.0942. The molecule has 118 valence electrons. The van der Waals surface area contributed by atoms with Crippen molar-refractivity contribution >= 4 is 17.2 Å². The van der Waals surface area contributed by atoms with Crippen LogP contribution in [-0.2, 0) is 0 Å². The Bertz CT molecular complexity index is 682. The monoisotopic (exact) mass is 320 g/mol. The van der Waals surface area contributed by atoms with Crippen LogP contribution in [0.4, 0.5) is 0 Å². The molecule has 0 aliphatic carbocycles. The summed E-state index contributed by atoms with van der Waals surface area (Å²) in [4.78, 5) is 17.3. The second-order valence-electron chi connectivity index (χ2n) is 4.95. The number of carbonyl (C=O) groups is 1. The van der Waals surface area contributed by atoms with E-state index in [1.54, 1.807) is 14.2 Å². The molecule has 0 saturated heterocycles. The van der Waals surface area contributed by atoms with Crippen molar-refractivity contribution in [1.82, 2.24) is 10.3 Å². The minimum atomic E-state index is -0.209. The Kier molecular flexibility index (Phi) is 5.03. The first kappa shape index (κ1) is 16.3. The zero-order valence-corrected chi connectivity index (χ0v) is 14.2. The van der Waals surface area contributed by atoms with Crippen LogP contribution in [0, 0.1) is 13.8 Å². The fraction of sp³-hybridized carbons (Fsp3) is 0.375. The summed E-state index contributed by atoms with van der Waals surface area (Å²) in [6.07, 6.45) is 0. The lowest BCUT2D eigenvalue weighted by Crippen LogP contribution is -2.26. The molecular weight excluding hydrogens is 300 g/mol. The second-order valence-corrected chi connectivity index (χ2v) is 6.15. The van der Waals surface area contributed by atoms with Crippen LogP contribution in [0.25, 0.3) is 0 Å². The zero-order valence-electron chi connectivity index (χ0n) is 13.4. The van der Waals surface area contributed by atoms with E-state index in [-0.39, 0.29) is 11.9 Å². The average molecular weight is 320 g/mol. The Labute approximate surface area is 134 Å². The van der Waals surface area contributed by atoms with Gasteiger partial charge in [0.1, 0.15) is 16.4 Å². The second kappa shape index (κ2) is 6.79. The fourth-order valence-electron chi connectivity index (χ4n) is 2.26. The lowest BCUT2D eigenvalue weighted by atomic mass is 10.1. The number of rotatable bonds is 5. The molecule has 1 aromatic heterocycles. The highest BCUT2D eigenvalue weighted by atomic mass is 32.1. The van der Waals surface area contributed by atoms with E-state index in [4.69, 9.17) is 9.47 Å². The standard InChI is InChI=1S/C16H20N2O3S/c1-9(13-8-12(20-4)6-7-14(13)21-5)18-16(19)15-10(2)17-11(3)22-15/h6-9H,1-5H3,(H,18,19)/t9-/m1/s1. The number of nitrogens with zero attached hydrogens (tertiary/aromatic N) is 1. The maximum atomic E-state index is 12.4. The van der Waals surface area contributed by atoms with Crippen molar-refractivity contribution in [1.29, 1.82) is 0 Å². The first-order chi connectivity index (χ1) is 10.5. The molecule has 0 aliphatic heterocycles. The molecule has 5 nitrogen and oxygen atoms in total. The highest BCUT2D eigenvalue weighted by Gasteiger charge is 2.19. The van der Waals surface area contributed by atoms with Gasteiger partial charge >= 0.3 is 0 Å². The van der Waals surface area contributed by atoms with Crippen molar-refractivity contribution in [3.63, 3.8) is 0 Å². The topological polar surface area (TPSA) is 60.5 Å². The summed E-state index contributed by atoms with van der Waals surface area (Å²) in [6, 6.07) is 5.32. The van der Waals surface area contributed by atoms with Gasteiger partial charge in [-0.25, -0.2) is 4.98 Å². The molecule has 0 fully saturated rings. The number of amides is 1. The lowest BCUT2D eigenvalue weighted by Gasteiger charge is -2.18. The summed E-state index contributed by atoms with van der Waals surface area (Å²) in [5.74, 6) is 1.31. The van der Waals surface area contributed by atoms with Gasteiger partial charge < -0.3 is 14.8 Å². The summed E-state index contributed by atoms with van der Waals surface area (Å²) in [5, 5.41) is 3.87. The molecular formula is C16H20N2O3S. The van der Waals surface area contributed by atoms with E-state index in [1.165, 1.54) is 11.3 Å². The van der Waals surface area contributed by atoms with Gasteiger partial charge in [-0.15, -0.1) is 11.3 Å². The maximum Gasteiger partial charge on any atom is 0.263 e. The van der Waals surface area contributed by atoms with Gasteiger partial charge in [-0.05, 0) is 39.0 Å². The number of benzene rings is 1. The molecule has 0 unspecified atom stereocenters. The van der Waals surface area contributed by atoms with Gasteiger partial charge in [0.05, 0.1) is 31.0 Å². The SMILES string of the molecule is COc1ccc(OC)c([C@@H](C)NC(=O)c2sc(C)nc2C)c1. The van der Waals surface area contributed by atoms with Crippen LogP contribution in [0.1, 0.15) is 38.9 Å². The molecule has 0 radical (unpaired) electrons. The minimum Gasteiger partial charge on any atom is -0.497 e. The number of carbonyl (C=O) groups excluding carboxylic acids is 1. The van der Waals surface area contributed by atoms with Crippen LogP contribution in [0.3, 0.4) is 0 Å². The summed E-state index contributed by atoms with van der Waals surface area (Å²) in [7, 11) is 3.22. The van der Waals surface area contributed by atoms with Crippen molar-refractivity contribution in [2.24, 2.45) is 0 Å². The molecule has 1 atom stereocenters. The van der Waals surface area contributed by atoms with Crippen molar-refractivity contribution in [2.45, 2.75) is 26.8 Å². The van der Waals surface area contributed by atoms with E-state index >= 15 is 0 Å². The average Bonchev–Trinajstić information content (AvgIpc) is 2.85. The van der Waals surface area contributed by atoms with Gasteiger partial charge in [-0.1, -0.05) is 0 Å². The predicted octanol–water partition coefficient (Wildman–Crippen LogP) is 3.27. The Hall–Kier alpha value is -2.08. The zero-order chi connectivity index (χ0) is 16.3. The van der Waals surface area contributed by atoms with E-state index < -0.39 is 0 Å². The van der Waals surface area contributed by atoms with Crippen molar-refractivity contribution in [3.8, 4) is 11.5 Å². The number of thiazole rings is 1. The third-order valence-corrected chi connectivity index (χ3v) is 4.43. The van der Waals surface area contributed by atoms with Gasteiger partial charge in [0.15, 0.2) is 0 Å². The Morgan fingerprint density at radius 3 is 2.55 bits per heavy atom. The highest BCUT2D eigenvalue weighted by Crippen LogP contribution is 2.29. The van der Waals surface area contributed by atoms with Crippen LogP contribution in [0.5, 0.6) is 11.5 Å². The van der Waals surface area contributed by atoms with E-state index in [0.29, 0.717) is 10.6 Å². The predicted molar refractivity (Wildman–Crippen MR) is 87.0 cm³/mol. The number of hydrogen-bond donors (Lipinski definition) is 1. The molecule has 6 heteroatoms. The number of hydrogen-bond acceptors (Lipinski definition) is 5. The van der Waals surface area contributed by atoms with Crippen LogP contribution < -0.4 is 14.8 Å². The molecule has 1 amide bonds. The van der Waals surface area contributed by atoms with Gasteiger partial charge in [-0.3, -0.25) is 4.79 Å². The van der Waals surface area contributed by atoms with Crippen molar-refractivity contribution < 1.29 is 14.3 Å². The minimum absolute atomic E-state index is 0.125. The van der Waals surface area contributed by atoms with E-state index in [1.807, 2.05) is 39.0 Å². The van der Waals surface area contributed by atoms with Crippen LogP contribution >= 0.6 is 11.3 Å². The molecule has 2 rings (SSSR count). The first-order valence-corrected chi connectivity index (χ1v) is 7.74. The molecule has 0 saturated carbocycles. The normalized spacial score (nSPS) is 11.9. The molecule has 0 bridgehead atoms. The van der Waals surface area contributed by atoms with Gasteiger partial charge in [-0.2, -0.15) is 0 Å². The summed E-state index contributed by atoms with van der Waals surface area (Å²) in [6.45, 7) is 5.65. The number of aryl methyl sites for hydroxylation is 2. The molecule has 0 spiro atoms. The smallest absolute Gasteiger partial charge is 0.263 e. The van der Waals surface area contributed by atoms with Crippen LogP contribution in [-0.4, -0.2) is 25.1 Å². The molecule has 1 aromatic carbocycles. The number of ether oxygens (including phenoxy) is 2. The quantitative estimate of drug-likeness (QED) is 0.918. The third kappa shape index (κ3) is 3.39. The summed E-state index contributed by atoms with van der Waals surface area (Å²) < 4.78 is 10.6. The van der Waals surface area contributed by atoms with E-state index in [9.17, 15) is 4.79 Å². The highest BCUT2D eigenvalue weighted by molar-refractivity contribution is 7.13. The van der Waals surface area contributed by atoms with Gasteiger partial charge in [0.25, 0.3) is 5.91 Å². The largest absolute Gasteiger partial charge is 0.497 e. The summed E-state index contributed by atoms with van der Waals surface area (Å²) >= 11 is 1.40. The number of nitrogens with one attached hydrogen (secondary N) is 1. The maximum absolute atomic E-state index is 12.4. The van der Waals surface area contributed by atoms with Crippen LogP contribution in [0.15, 0.2) is 18.2 Å². The Balaban J connectivity index is 2.23. The number of methoxy groups -OCH3 is 2. The first-order valence-electron chi connectivity index (χ1n) is 6.93. The molecule has 22 heavy (non-hydrogen) atoms. The third-order valence-electron chi connectivity index (χ3n) is 3.36. The van der Waals surface area contributed by atoms with Crippen LogP contribution in [0.2, 0.25) is 0 Å². The number of aromatic nitrogens is 1. The molecule has 1 heterocycles. The summed E-state index contributed by atoms with van der Waals surface area (Å²) in [5.41, 5.74) is 1.62. The van der Waals surface area contributed by atoms with Crippen molar-refractivity contribution in [2.75, 3.05) is 14.2 Å². The van der Waals surface area contributed by atoms with Crippen molar-refractivity contribution in [3.05, 3.63) is 39.3 Å². The molecule has 0 aliphatic rings.